The molecule has 0 bridgehead atoms. The average Bonchev–Trinajstić information content (AvgIpc) is 2.58. The van der Waals surface area contributed by atoms with Crippen LogP contribution < -0.4 is 10.7 Å². The van der Waals surface area contributed by atoms with Crippen molar-refractivity contribution in [2.45, 2.75) is 23.6 Å². The Morgan fingerprint density at radius 2 is 2.04 bits per heavy atom. The van der Waals surface area contributed by atoms with Crippen LogP contribution in [0.5, 0.6) is 0 Å². The van der Waals surface area contributed by atoms with Crippen LogP contribution in [0.3, 0.4) is 0 Å². The van der Waals surface area contributed by atoms with Gasteiger partial charge < -0.3 is 5.32 Å². The Labute approximate surface area is 155 Å². The summed E-state index contributed by atoms with van der Waals surface area (Å²) in [6.07, 6.45) is 1.50. The largest absolute Gasteiger partial charge is 0.362 e. The number of rotatable bonds is 6. The van der Waals surface area contributed by atoms with Gasteiger partial charge in [-0.2, -0.15) is 5.10 Å². The van der Waals surface area contributed by atoms with Gasteiger partial charge in [-0.05, 0) is 44.3 Å². The highest BCUT2D eigenvalue weighted by atomic mass is 32.2. The molecule has 0 atom stereocenters. The lowest BCUT2D eigenvalue weighted by molar-refractivity contribution is -0.387. The third-order valence-electron chi connectivity index (χ3n) is 3.15. The molecule has 8 heteroatoms. The van der Waals surface area contributed by atoms with Crippen molar-refractivity contribution in [3.05, 3.63) is 63.7 Å². The maximum absolute atomic E-state index is 11.4. The molecule has 2 N–H and O–H groups in total. The molecule has 0 aliphatic rings. The van der Waals surface area contributed by atoms with Crippen molar-refractivity contribution in [1.29, 1.82) is 0 Å². The highest BCUT2D eigenvalue weighted by Gasteiger charge is 2.15. The van der Waals surface area contributed by atoms with Crippen LogP contribution in [-0.4, -0.2) is 22.8 Å². The molecule has 2 aromatic rings. The minimum Gasteiger partial charge on any atom is -0.362 e. The number of thiocarbonyl (C=S) groups is 1. The lowest BCUT2D eigenvalue weighted by atomic mass is 10.2. The summed E-state index contributed by atoms with van der Waals surface area (Å²) in [5.41, 5.74) is 4.46. The molecule has 0 saturated carbocycles. The fraction of sp³-hybridized carbons (Fsp3) is 0.176. The standard InChI is InChI=1S/C17H18N4O2S2/c1-3-18-17(24)20-19-11-13-6-9-16(15(10-13)21(22)23)25-14-7-4-12(2)5-8-14/h4-11H,3H2,1-2H3,(H2,18,20,24)/b19-11-. The van der Waals surface area contributed by atoms with E-state index in [1.165, 1.54) is 24.0 Å². The van der Waals surface area contributed by atoms with Crippen LogP contribution in [0.1, 0.15) is 18.1 Å². The number of hydrogen-bond donors (Lipinski definition) is 2. The number of nitro groups is 1. The number of nitrogens with one attached hydrogen (secondary N) is 2. The maximum atomic E-state index is 11.4. The first kappa shape index (κ1) is 18.9. The van der Waals surface area contributed by atoms with E-state index in [1.54, 1.807) is 12.1 Å². The van der Waals surface area contributed by atoms with Crippen LogP contribution in [0, 0.1) is 17.0 Å². The van der Waals surface area contributed by atoms with Crippen molar-refractivity contribution < 1.29 is 4.92 Å². The van der Waals surface area contributed by atoms with Crippen molar-refractivity contribution in [2.24, 2.45) is 5.10 Å². The van der Waals surface area contributed by atoms with Crippen molar-refractivity contribution in [3.8, 4) is 0 Å². The van der Waals surface area contributed by atoms with Gasteiger partial charge in [-0.25, -0.2) is 0 Å². The first-order valence-corrected chi connectivity index (χ1v) is 8.82. The second kappa shape index (κ2) is 9.14. The van der Waals surface area contributed by atoms with Crippen molar-refractivity contribution in [1.82, 2.24) is 10.7 Å². The van der Waals surface area contributed by atoms with Gasteiger partial charge in [-0.15, -0.1) is 0 Å². The number of hydrazone groups is 1. The minimum atomic E-state index is -0.384. The first-order chi connectivity index (χ1) is 12.0. The highest BCUT2D eigenvalue weighted by molar-refractivity contribution is 7.99. The van der Waals surface area contributed by atoms with Gasteiger partial charge in [0.1, 0.15) is 0 Å². The Morgan fingerprint density at radius 3 is 2.68 bits per heavy atom. The van der Waals surface area contributed by atoms with Crippen LogP contribution in [0.2, 0.25) is 0 Å². The summed E-state index contributed by atoms with van der Waals surface area (Å²) in [6.45, 7) is 4.62. The molecule has 0 aliphatic heterocycles. The Balaban J connectivity index is 2.16. The zero-order valence-electron chi connectivity index (χ0n) is 13.9. The predicted molar refractivity (Wildman–Crippen MR) is 105 cm³/mol. The zero-order chi connectivity index (χ0) is 18.2. The zero-order valence-corrected chi connectivity index (χ0v) is 15.5. The SMILES string of the molecule is CCNC(=S)N/N=C\c1ccc(Sc2ccc(C)cc2)c([N+](=O)[O-])c1. The van der Waals surface area contributed by atoms with E-state index in [1.807, 2.05) is 38.1 Å². The summed E-state index contributed by atoms with van der Waals surface area (Å²) in [5, 5.41) is 18.7. The summed E-state index contributed by atoms with van der Waals surface area (Å²) >= 11 is 6.35. The smallest absolute Gasteiger partial charge is 0.283 e. The molecule has 6 nitrogen and oxygen atoms in total. The number of benzene rings is 2. The van der Waals surface area contributed by atoms with Gasteiger partial charge in [-0.1, -0.05) is 35.5 Å². The summed E-state index contributed by atoms with van der Waals surface area (Å²) in [5.74, 6) is 0. The average molecular weight is 374 g/mol. The molecule has 2 rings (SSSR count). The molecular weight excluding hydrogens is 356 g/mol. The van der Waals surface area contributed by atoms with Gasteiger partial charge >= 0.3 is 0 Å². The minimum absolute atomic E-state index is 0.0452. The molecule has 0 radical (unpaired) electrons. The summed E-state index contributed by atoms with van der Waals surface area (Å²) in [7, 11) is 0. The van der Waals surface area contributed by atoms with E-state index in [2.05, 4.69) is 15.8 Å². The Bertz CT molecular complexity index is 792. The molecule has 0 spiro atoms. The molecule has 130 valence electrons. The van der Waals surface area contributed by atoms with E-state index in [-0.39, 0.29) is 10.6 Å². The summed E-state index contributed by atoms with van der Waals surface area (Å²) in [4.78, 5) is 12.5. The number of nitrogens with zero attached hydrogens (tertiary/aromatic N) is 2. The summed E-state index contributed by atoms with van der Waals surface area (Å²) in [6, 6.07) is 12.9. The molecule has 0 fully saturated rings. The molecule has 0 heterocycles. The number of nitro benzene ring substituents is 1. The predicted octanol–water partition coefficient (Wildman–Crippen LogP) is 3.87. The summed E-state index contributed by atoms with van der Waals surface area (Å²) < 4.78 is 0. The van der Waals surface area contributed by atoms with E-state index >= 15 is 0 Å². The Hall–Kier alpha value is -2.45. The monoisotopic (exact) mass is 374 g/mol. The maximum Gasteiger partial charge on any atom is 0.283 e. The lowest BCUT2D eigenvalue weighted by Crippen LogP contribution is -2.31. The van der Waals surface area contributed by atoms with E-state index in [0.717, 1.165) is 10.5 Å². The van der Waals surface area contributed by atoms with Crippen molar-refractivity contribution >= 4 is 41.0 Å². The van der Waals surface area contributed by atoms with Gasteiger partial charge in [0.15, 0.2) is 5.11 Å². The molecule has 0 amide bonds. The second-order valence-electron chi connectivity index (χ2n) is 5.13. The third kappa shape index (κ3) is 5.84. The molecule has 0 saturated heterocycles. The van der Waals surface area contributed by atoms with E-state index in [4.69, 9.17) is 12.2 Å². The Morgan fingerprint density at radius 1 is 1.32 bits per heavy atom. The fourth-order valence-electron chi connectivity index (χ4n) is 1.94. The quantitative estimate of drug-likeness (QED) is 0.346. The topological polar surface area (TPSA) is 79.6 Å². The lowest BCUT2D eigenvalue weighted by Gasteiger charge is -2.05. The fourth-order valence-corrected chi connectivity index (χ4v) is 3.04. The third-order valence-corrected chi connectivity index (χ3v) is 4.45. The number of hydrogen-bond acceptors (Lipinski definition) is 5. The molecule has 0 unspecified atom stereocenters. The van der Waals surface area contributed by atoms with Gasteiger partial charge in [-0.3, -0.25) is 15.5 Å². The van der Waals surface area contributed by atoms with Gasteiger partial charge in [0.25, 0.3) is 5.69 Å². The van der Waals surface area contributed by atoms with Crippen LogP contribution in [0.15, 0.2) is 57.4 Å². The van der Waals surface area contributed by atoms with Crippen LogP contribution in [0.4, 0.5) is 5.69 Å². The van der Waals surface area contributed by atoms with Crippen LogP contribution in [0.25, 0.3) is 0 Å². The highest BCUT2D eigenvalue weighted by Crippen LogP contribution is 2.35. The molecule has 2 aromatic carbocycles. The molecule has 25 heavy (non-hydrogen) atoms. The second-order valence-corrected chi connectivity index (χ2v) is 6.65. The van der Waals surface area contributed by atoms with E-state index in [0.29, 0.717) is 22.1 Å². The molecule has 0 aliphatic carbocycles. The Kier molecular flexibility index (Phi) is 6.91. The van der Waals surface area contributed by atoms with Crippen LogP contribution in [-0.2, 0) is 0 Å². The van der Waals surface area contributed by atoms with Crippen molar-refractivity contribution in [3.63, 3.8) is 0 Å². The van der Waals surface area contributed by atoms with Gasteiger partial charge in [0, 0.05) is 23.1 Å². The van der Waals surface area contributed by atoms with E-state index < -0.39 is 0 Å². The van der Waals surface area contributed by atoms with Gasteiger partial charge in [0.05, 0.1) is 16.0 Å². The van der Waals surface area contributed by atoms with Crippen LogP contribution >= 0.6 is 24.0 Å². The first-order valence-electron chi connectivity index (χ1n) is 7.59. The number of aryl methyl sites for hydroxylation is 1. The van der Waals surface area contributed by atoms with E-state index in [9.17, 15) is 10.1 Å². The van der Waals surface area contributed by atoms with Gasteiger partial charge in [0.2, 0.25) is 0 Å². The normalized spacial score (nSPS) is 10.6. The molecule has 0 aromatic heterocycles. The molecular formula is C17H18N4O2S2. The van der Waals surface area contributed by atoms with Crippen molar-refractivity contribution in [2.75, 3.05) is 6.54 Å².